The molecule has 0 amide bonds. The maximum atomic E-state index is 5.58. The van der Waals surface area contributed by atoms with Gasteiger partial charge in [-0.15, -0.1) is 0 Å². The molecule has 1 aromatic carbocycles. The van der Waals surface area contributed by atoms with Gasteiger partial charge in [0.25, 0.3) is 0 Å². The summed E-state index contributed by atoms with van der Waals surface area (Å²) in [6, 6.07) is 11.0. The van der Waals surface area contributed by atoms with Crippen molar-refractivity contribution in [2.45, 2.75) is 33.0 Å². The highest BCUT2D eigenvalue weighted by Gasteiger charge is 2.09. The molecule has 1 rings (SSSR count). The van der Waals surface area contributed by atoms with Gasteiger partial charge in [-0.05, 0) is 32.4 Å². The molecule has 1 nitrogen and oxygen atoms in total. The van der Waals surface area contributed by atoms with Crippen molar-refractivity contribution < 1.29 is 4.74 Å². The minimum Gasteiger partial charge on any atom is -0.371 e. The van der Waals surface area contributed by atoms with Crippen molar-refractivity contribution in [1.29, 1.82) is 0 Å². The molecule has 0 heterocycles. The van der Waals surface area contributed by atoms with E-state index in [4.69, 9.17) is 4.74 Å². The topological polar surface area (TPSA) is 9.23 Å². The fourth-order valence-electron chi connectivity index (χ4n) is 0.815. The van der Waals surface area contributed by atoms with Crippen LogP contribution in [0.4, 0.5) is 0 Å². The molecule has 0 spiro atoms. The summed E-state index contributed by atoms with van der Waals surface area (Å²) in [4.78, 5) is 0. The smallest absolute Gasteiger partial charge is 0.0730 e. The van der Waals surface area contributed by atoms with Crippen molar-refractivity contribution in [3.63, 3.8) is 0 Å². The van der Waals surface area contributed by atoms with Gasteiger partial charge < -0.3 is 4.74 Å². The van der Waals surface area contributed by atoms with Gasteiger partial charge in [0.15, 0.2) is 0 Å². The number of benzene rings is 1. The Kier molecular flexibility index (Phi) is 2.88. The standard InChI is InChI=1S/C11H15O/c1-11(2,3)12-9-10-7-5-4-6-8-10/h4-7H,9H2,1-3H3. The maximum Gasteiger partial charge on any atom is 0.0730 e. The van der Waals surface area contributed by atoms with E-state index in [1.807, 2.05) is 24.3 Å². The van der Waals surface area contributed by atoms with E-state index in [9.17, 15) is 0 Å². The van der Waals surface area contributed by atoms with Crippen LogP contribution in [0.5, 0.6) is 0 Å². The Labute approximate surface area is 74.4 Å². The quantitative estimate of drug-likeness (QED) is 0.651. The largest absolute Gasteiger partial charge is 0.371 e. The lowest BCUT2D eigenvalue weighted by atomic mass is 10.2. The van der Waals surface area contributed by atoms with Crippen molar-refractivity contribution in [2.75, 3.05) is 0 Å². The number of hydrogen-bond donors (Lipinski definition) is 0. The zero-order chi connectivity index (χ0) is 9.03. The molecule has 0 atom stereocenters. The zero-order valence-electron chi connectivity index (χ0n) is 7.92. The minimum atomic E-state index is -0.0658. The zero-order valence-corrected chi connectivity index (χ0v) is 7.92. The van der Waals surface area contributed by atoms with Crippen LogP contribution in [0.15, 0.2) is 24.3 Å². The number of ether oxygens (including phenoxy) is 1. The molecule has 12 heavy (non-hydrogen) atoms. The Balaban J connectivity index is 2.44. The summed E-state index contributed by atoms with van der Waals surface area (Å²) in [5.41, 5.74) is 1.04. The van der Waals surface area contributed by atoms with Gasteiger partial charge >= 0.3 is 0 Å². The fourth-order valence-corrected chi connectivity index (χ4v) is 0.815. The lowest BCUT2D eigenvalue weighted by Gasteiger charge is -2.19. The first-order chi connectivity index (χ1) is 5.58. The highest BCUT2D eigenvalue weighted by molar-refractivity contribution is 5.11. The molecule has 0 fully saturated rings. The van der Waals surface area contributed by atoms with Gasteiger partial charge in [-0.3, -0.25) is 0 Å². The van der Waals surface area contributed by atoms with Crippen LogP contribution < -0.4 is 0 Å². The molecule has 0 unspecified atom stereocenters. The van der Waals surface area contributed by atoms with Crippen LogP contribution in [-0.2, 0) is 11.3 Å². The molecule has 1 aromatic rings. The second-order valence-corrected chi connectivity index (χ2v) is 3.79. The monoisotopic (exact) mass is 163 g/mol. The molecule has 65 valence electrons. The highest BCUT2D eigenvalue weighted by Crippen LogP contribution is 2.10. The molecule has 0 saturated carbocycles. The molecule has 1 radical (unpaired) electrons. The normalized spacial score (nSPS) is 11.6. The van der Waals surface area contributed by atoms with Gasteiger partial charge in [-0.1, -0.05) is 24.3 Å². The SMILES string of the molecule is CC(C)(C)OCc1[c]cccc1. The van der Waals surface area contributed by atoms with Crippen LogP contribution in [0.25, 0.3) is 0 Å². The Morgan fingerprint density at radius 1 is 1.33 bits per heavy atom. The Morgan fingerprint density at radius 3 is 2.58 bits per heavy atom. The van der Waals surface area contributed by atoms with E-state index in [0.717, 1.165) is 5.56 Å². The molecule has 0 aliphatic heterocycles. The lowest BCUT2D eigenvalue weighted by Crippen LogP contribution is -2.18. The molecule has 0 aliphatic rings. The third-order valence-electron chi connectivity index (χ3n) is 1.43. The van der Waals surface area contributed by atoms with Crippen molar-refractivity contribution in [2.24, 2.45) is 0 Å². The Morgan fingerprint density at radius 2 is 2.08 bits per heavy atom. The van der Waals surface area contributed by atoms with Crippen molar-refractivity contribution in [3.8, 4) is 0 Å². The van der Waals surface area contributed by atoms with Gasteiger partial charge in [0.2, 0.25) is 0 Å². The van der Waals surface area contributed by atoms with E-state index in [2.05, 4.69) is 26.8 Å². The molecule has 0 aliphatic carbocycles. The average molecular weight is 163 g/mol. The molecule has 0 saturated heterocycles. The van der Waals surface area contributed by atoms with E-state index in [0.29, 0.717) is 6.61 Å². The van der Waals surface area contributed by atoms with E-state index >= 15 is 0 Å². The molecule has 1 heteroatoms. The Bertz CT molecular complexity index is 221. The van der Waals surface area contributed by atoms with Gasteiger partial charge in [0, 0.05) is 0 Å². The van der Waals surface area contributed by atoms with Crippen LogP contribution in [0, 0.1) is 6.07 Å². The summed E-state index contributed by atoms with van der Waals surface area (Å²) in [7, 11) is 0. The second kappa shape index (κ2) is 3.72. The van der Waals surface area contributed by atoms with Gasteiger partial charge in [-0.2, -0.15) is 0 Å². The highest BCUT2D eigenvalue weighted by atomic mass is 16.5. The van der Waals surface area contributed by atoms with Crippen molar-refractivity contribution in [1.82, 2.24) is 0 Å². The Hall–Kier alpha value is -0.820. The minimum absolute atomic E-state index is 0.0658. The number of hydrogen-bond acceptors (Lipinski definition) is 1. The van der Waals surface area contributed by atoms with Crippen LogP contribution >= 0.6 is 0 Å². The van der Waals surface area contributed by atoms with Crippen molar-refractivity contribution in [3.05, 3.63) is 35.9 Å². The van der Waals surface area contributed by atoms with Gasteiger partial charge in [0.05, 0.1) is 12.2 Å². The molecule has 0 bridgehead atoms. The van der Waals surface area contributed by atoms with Crippen LogP contribution in [-0.4, -0.2) is 5.60 Å². The van der Waals surface area contributed by atoms with E-state index in [-0.39, 0.29) is 5.60 Å². The summed E-state index contributed by atoms with van der Waals surface area (Å²) >= 11 is 0. The van der Waals surface area contributed by atoms with Crippen LogP contribution in [0.1, 0.15) is 26.3 Å². The summed E-state index contributed by atoms with van der Waals surface area (Å²) in [5.74, 6) is 0. The number of rotatable bonds is 2. The summed E-state index contributed by atoms with van der Waals surface area (Å²) in [6.07, 6.45) is 0. The molecular formula is C11H15O. The molecule has 0 aromatic heterocycles. The van der Waals surface area contributed by atoms with E-state index in [1.165, 1.54) is 0 Å². The van der Waals surface area contributed by atoms with Crippen LogP contribution in [0.3, 0.4) is 0 Å². The maximum absolute atomic E-state index is 5.58. The van der Waals surface area contributed by atoms with Gasteiger partial charge in [0.1, 0.15) is 0 Å². The van der Waals surface area contributed by atoms with Gasteiger partial charge in [-0.25, -0.2) is 0 Å². The summed E-state index contributed by atoms with van der Waals surface area (Å²) < 4.78 is 5.58. The summed E-state index contributed by atoms with van der Waals surface area (Å²) in [5, 5.41) is 0. The first-order valence-corrected chi connectivity index (χ1v) is 4.17. The third kappa shape index (κ3) is 3.54. The van der Waals surface area contributed by atoms with Crippen molar-refractivity contribution >= 4 is 0 Å². The second-order valence-electron chi connectivity index (χ2n) is 3.79. The summed E-state index contributed by atoms with van der Waals surface area (Å²) in [6.45, 7) is 6.80. The first kappa shape index (κ1) is 9.27. The molecule has 0 N–H and O–H groups in total. The predicted octanol–water partition coefficient (Wildman–Crippen LogP) is 2.80. The predicted molar refractivity (Wildman–Crippen MR) is 49.8 cm³/mol. The third-order valence-corrected chi connectivity index (χ3v) is 1.43. The fraction of sp³-hybridized carbons (Fsp3) is 0.455. The van der Waals surface area contributed by atoms with E-state index < -0.39 is 0 Å². The average Bonchev–Trinajstić information content (AvgIpc) is 2.02. The molecular weight excluding hydrogens is 148 g/mol. The van der Waals surface area contributed by atoms with E-state index in [1.54, 1.807) is 0 Å². The first-order valence-electron chi connectivity index (χ1n) is 4.17. The lowest BCUT2D eigenvalue weighted by molar-refractivity contribution is -0.0150. The van der Waals surface area contributed by atoms with Crippen LogP contribution in [0.2, 0.25) is 0 Å².